The molecular formula is C11H16FN3O3. The van der Waals surface area contributed by atoms with E-state index in [1.54, 1.807) is 6.92 Å². The Labute approximate surface area is 104 Å². The van der Waals surface area contributed by atoms with Crippen molar-refractivity contribution < 1.29 is 19.4 Å². The van der Waals surface area contributed by atoms with Crippen LogP contribution in [0, 0.1) is 11.2 Å². The van der Waals surface area contributed by atoms with Crippen LogP contribution in [0.15, 0.2) is 18.3 Å². The third-order valence-electron chi connectivity index (χ3n) is 2.41. The molecule has 6 nitrogen and oxygen atoms in total. The predicted octanol–water partition coefficient (Wildman–Crippen LogP) is 0.333. The Balaban J connectivity index is 2.45. The largest absolute Gasteiger partial charge is 0.396 e. The number of hydrogen-bond acceptors (Lipinski definition) is 4. The Morgan fingerprint density at radius 2 is 2.11 bits per heavy atom. The molecule has 2 amide bonds. The third-order valence-corrected chi connectivity index (χ3v) is 2.41. The van der Waals surface area contributed by atoms with Gasteiger partial charge >= 0.3 is 6.03 Å². The van der Waals surface area contributed by atoms with E-state index >= 15 is 0 Å². The first-order valence-corrected chi connectivity index (χ1v) is 5.37. The molecule has 0 atom stereocenters. The zero-order valence-electron chi connectivity index (χ0n) is 9.98. The molecule has 1 aromatic rings. The quantitative estimate of drug-likeness (QED) is 0.611. The molecule has 0 bridgehead atoms. The van der Waals surface area contributed by atoms with E-state index in [4.69, 9.17) is 10.2 Å². The molecule has 0 aliphatic heterocycles. The molecule has 0 aromatic carbocycles. The maximum Gasteiger partial charge on any atom is 0.320 e. The second-order valence-corrected chi connectivity index (χ2v) is 4.30. The summed E-state index contributed by atoms with van der Waals surface area (Å²) in [6.45, 7) is 1.23. The molecule has 0 aliphatic rings. The summed E-state index contributed by atoms with van der Waals surface area (Å²) in [4.78, 5) is 15.1. The monoisotopic (exact) mass is 257 g/mol. The average Bonchev–Trinajstić information content (AvgIpc) is 2.39. The van der Waals surface area contributed by atoms with E-state index in [2.05, 4.69) is 15.6 Å². The molecule has 0 fully saturated rings. The van der Waals surface area contributed by atoms with Crippen molar-refractivity contribution in [2.45, 2.75) is 6.92 Å². The molecule has 18 heavy (non-hydrogen) atoms. The number of halogens is 1. The van der Waals surface area contributed by atoms with Crippen molar-refractivity contribution in [3.05, 3.63) is 24.1 Å². The van der Waals surface area contributed by atoms with Crippen molar-refractivity contribution in [3.63, 3.8) is 0 Å². The number of aromatic nitrogens is 1. The fourth-order valence-electron chi connectivity index (χ4n) is 1.07. The van der Waals surface area contributed by atoms with E-state index in [0.717, 1.165) is 6.20 Å². The van der Waals surface area contributed by atoms with Crippen molar-refractivity contribution in [2.75, 3.05) is 25.1 Å². The first-order valence-electron chi connectivity index (χ1n) is 5.37. The summed E-state index contributed by atoms with van der Waals surface area (Å²) in [5.41, 5.74) is -0.784. The minimum Gasteiger partial charge on any atom is -0.396 e. The van der Waals surface area contributed by atoms with Crippen LogP contribution in [-0.2, 0) is 0 Å². The zero-order valence-corrected chi connectivity index (χ0v) is 9.98. The van der Waals surface area contributed by atoms with E-state index in [-0.39, 0.29) is 25.6 Å². The molecular weight excluding hydrogens is 241 g/mol. The summed E-state index contributed by atoms with van der Waals surface area (Å²) < 4.78 is 12.6. The van der Waals surface area contributed by atoms with Crippen LogP contribution < -0.4 is 10.6 Å². The summed E-state index contributed by atoms with van der Waals surface area (Å²) in [6.07, 6.45) is 0.987. The lowest BCUT2D eigenvalue weighted by atomic mass is 9.93. The Hall–Kier alpha value is -1.73. The van der Waals surface area contributed by atoms with Crippen LogP contribution in [-0.4, -0.2) is 41.0 Å². The zero-order chi connectivity index (χ0) is 13.6. The number of urea groups is 1. The number of aliphatic hydroxyl groups is 2. The minimum absolute atomic E-state index is 0.104. The first kappa shape index (κ1) is 14.3. The summed E-state index contributed by atoms with van der Waals surface area (Å²) >= 11 is 0. The van der Waals surface area contributed by atoms with Gasteiger partial charge in [-0.15, -0.1) is 0 Å². The fourth-order valence-corrected chi connectivity index (χ4v) is 1.07. The summed E-state index contributed by atoms with van der Waals surface area (Å²) in [5, 5.41) is 22.9. The molecule has 0 spiro atoms. The van der Waals surface area contributed by atoms with Gasteiger partial charge in [-0.05, 0) is 12.1 Å². The topological polar surface area (TPSA) is 94.5 Å². The van der Waals surface area contributed by atoms with Crippen molar-refractivity contribution in [1.29, 1.82) is 0 Å². The number of nitrogens with one attached hydrogen (secondary N) is 2. The highest BCUT2D eigenvalue weighted by molar-refractivity contribution is 5.88. The van der Waals surface area contributed by atoms with Crippen molar-refractivity contribution in [3.8, 4) is 0 Å². The molecule has 100 valence electrons. The molecule has 0 saturated heterocycles. The average molecular weight is 257 g/mol. The first-order chi connectivity index (χ1) is 8.49. The lowest BCUT2D eigenvalue weighted by Gasteiger charge is -2.24. The second kappa shape index (κ2) is 6.27. The number of aliphatic hydroxyl groups excluding tert-OH is 2. The van der Waals surface area contributed by atoms with Gasteiger partial charge in [0.25, 0.3) is 0 Å². The standard InChI is InChI=1S/C11H16FN3O3/c1-11(6-16,7-17)5-14-10(18)15-9-3-2-8(12)4-13-9/h2-4,16-17H,5-7H2,1H3,(H2,13,14,15,18). The van der Waals surface area contributed by atoms with Crippen LogP contribution in [0.5, 0.6) is 0 Å². The van der Waals surface area contributed by atoms with E-state index in [1.807, 2.05) is 0 Å². The van der Waals surface area contributed by atoms with Gasteiger partial charge in [-0.1, -0.05) is 6.92 Å². The maximum atomic E-state index is 12.6. The number of rotatable bonds is 5. The van der Waals surface area contributed by atoms with Gasteiger partial charge in [0.1, 0.15) is 11.6 Å². The van der Waals surface area contributed by atoms with E-state index in [0.29, 0.717) is 0 Å². The smallest absolute Gasteiger partial charge is 0.320 e. The number of nitrogens with zero attached hydrogens (tertiary/aromatic N) is 1. The van der Waals surface area contributed by atoms with Crippen LogP contribution in [0.25, 0.3) is 0 Å². The van der Waals surface area contributed by atoms with Gasteiger partial charge in [-0.2, -0.15) is 0 Å². The SMILES string of the molecule is CC(CO)(CO)CNC(=O)Nc1ccc(F)cn1. The Bertz CT molecular complexity index is 393. The normalized spacial score (nSPS) is 11.1. The Morgan fingerprint density at radius 1 is 1.44 bits per heavy atom. The summed E-state index contributed by atoms with van der Waals surface area (Å²) in [6, 6.07) is 1.96. The number of carbonyl (C=O) groups is 1. The van der Waals surface area contributed by atoms with Crippen LogP contribution in [0.2, 0.25) is 0 Å². The van der Waals surface area contributed by atoms with E-state index < -0.39 is 17.3 Å². The highest BCUT2D eigenvalue weighted by Gasteiger charge is 2.23. The number of carbonyl (C=O) groups excluding carboxylic acids is 1. The summed E-state index contributed by atoms with van der Waals surface area (Å²) in [5.74, 6) is -0.280. The molecule has 7 heteroatoms. The van der Waals surface area contributed by atoms with Crippen LogP contribution in [0.3, 0.4) is 0 Å². The highest BCUT2D eigenvalue weighted by Crippen LogP contribution is 2.12. The van der Waals surface area contributed by atoms with Crippen LogP contribution in [0.4, 0.5) is 15.0 Å². The Morgan fingerprint density at radius 3 is 2.61 bits per heavy atom. The number of pyridine rings is 1. The predicted molar refractivity (Wildman–Crippen MR) is 63.5 cm³/mol. The Kier molecular flexibility index (Phi) is 4.99. The van der Waals surface area contributed by atoms with E-state index in [9.17, 15) is 9.18 Å². The van der Waals surface area contributed by atoms with Gasteiger partial charge in [0.05, 0.1) is 19.4 Å². The second-order valence-electron chi connectivity index (χ2n) is 4.30. The van der Waals surface area contributed by atoms with Gasteiger partial charge in [-0.3, -0.25) is 5.32 Å². The van der Waals surface area contributed by atoms with Crippen molar-refractivity contribution in [2.24, 2.45) is 5.41 Å². The molecule has 4 N–H and O–H groups in total. The molecule has 0 aliphatic carbocycles. The molecule has 0 saturated carbocycles. The van der Waals surface area contributed by atoms with Crippen LogP contribution in [0.1, 0.15) is 6.92 Å². The number of hydrogen-bond donors (Lipinski definition) is 4. The lowest BCUT2D eigenvalue weighted by Crippen LogP contribution is -2.42. The molecule has 0 unspecified atom stereocenters. The molecule has 0 radical (unpaired) electrons. The molecule has 1 aromatic heterocycles. The number of amides is 2. The van der Waals surface area contributed by atoms with E-state index in [1.165, 1.54) is 12.1 Å². The summed E-state index contributed by atoms with van der Waals surface area (Å²) in [7, 11) is 0. The third kappa shape index (κ3) is 4.27. The van der Waals surface area contributed by atoms with Crippen molar-refractivity contribution in [1.82, 2.24) is 10.3 Å². The van der Waals surface area contributed by atoms with Crippen LogP contribution >= 0.6 is 0 Å². The maximum absolute atomic E-state index is 12.6. The molecule has 1 heterocycles. The lowest BCUT2D eigenvalue weighted by molar-refractivity contribution is 0.0721. The minimum atomic E-state index is -0.784. The highest BCUT2D eigenvalue weighted by atomic mass is 19.1. The van der Waals surface area contributed by atoms with Gasteiger partial charge in [0.2, 0.25) is 0 Å². The number of anilines is 1. The fraction of sp³-hybridized carbons (Fsp3) is 0.455. The van der Waals surface area contributed by atoms with Gasteiger partial charge < -0.3 is 15.5 Å². The molecule has 1 rings (SSSR count). The van der Waals surface area contributed by atoms with Gasteiger partial charge in [0.15, 0.2) is 0 Å². The van der Waals surface area contributed by atoms with Gasteiger partial charge in [0, 0.05) is 12.0 Å². The van der Waals surface area contributed by atoms with Crippen molar-refractivity contribution >= 4 is 11.8 Å². The van der Waals surface area contributed by atoms with Gasteiger partial charge in [-0.25, -0.2) is 14.2 Å².